The molecule has 0 bridgehead atoms. The minimum atomic E-state index is 0.112. The van der Waals surface area contributed by atoms with E-state index in [1.807, 2.05) is 24.3 Å². The zero-order valence-electron chi connectivity index (χ0n) is 12.4. The van der Waals surface area contributed by atoms with E-state index >= 15 is 0 Å². The van der Waals surface area contributed by atoms with Gasteiger partial charge in [-0.25, -0.2) is 0 Å². The van der Waals surface area contributed by atoms with Gasteiger partial charge < -0.3 is 15.5 Å². The van der Waals surface area contributed by atoms with Crippen LogP contribution in [-0.4, -0.2) is 49.1 Å². The molecule has 112 valence electrons. The van der Waals surface area contributed by atoms with Gasteiger partial charge in [0, 0.05) is 43.8 Å². The molecule has 0 radical (unpaired) electrons. The largest absolute Gasteiger partial charge is 0.324 e. The van der Waals surface area contributed by atoms with Gasteiger partial charge in [-0.3, -0.25) is 0 Å². The van der Waals surface area contributed by atoms with Gasteiger partial charge in [-0.05, 0) is 37.1 Å². The van der Waals surface area contributed by atoms with Crippen LogP contribution in [0.25, 0.3) is 0 Å². The molecule has 20 heavy (non-hydrogen) atoms. The lowest BCUT2D eigenvalue weighted by Crippen LogP contribution is -2.47. The lowest BCUT2D eigenvalue weighted by atomic mass is 10.0. The fourth-order valence-corrected chi connectivity index (χ4v) is 2.88. The Kier molecular flexibility index (Phi) is 6.30. The molecular formula is C16H26ClN3. The van der Waals surface area contributed by atoms with E-state index in [0.717, 1.165) is 18.0 Å². The number of nitrogens with two attached hydrogens (primary N) is 1. The topological polar surface area (TPSA) is 32.5 Å². The van der Waals surface area contributed by atoms with Gasteiger partial charge in [-0.2, -0.15) is 0 Å². The summed E-state index contributed by atoms with van der Waals surface area (Å²) in [6.45, 7) is 9.31. The van der Waals surface area contributed by atoms with E-state index in [1.54, 1.807) is 0 Å². The molecule has 0 saturated carbocycles. The van der Waals surface area contributed by atoms with Crippen molar-refractivity contribution in [2.24, 2.45) is 5.73 Å². The molecule has 0 aliphatic carbocycles. The van der Waals surface area contributed by atoms with Crippen LogP contribution in [0.1, 0.15) is 31.4 Å². The molecule has 0 aromatic heterocycles. The van der Waals surface area contributed by atoms with E-state index in [0.29, 0.717) is 0 Å². The summed E-state index contributed by atoms with van der Waals surface area (Å²) in [6, 6.07) is 8.01. The van der Waals surface area contributed by atoms with Crippen LogP contribution < -0.4 is 5.73 Å². The summed E-state index contributed by atoms with van der Waals surface area (Å²) in [5, 5.41) is 0.771. The van der Waals surface area contributed by atoms with Crippen molar-refractivity contribution >= 4 is 11.6 Å². The zero-order chi connectivity index (χ0) is 14.4. The number of halogens is 1. The molecule has 2 rings (SSSR count). The SMILES string of the molecule is CCCN1CCN(CCC(N)c2ccc(Cl)cc2)CC1. The normalized spacial score (nSPS) is 19.1. The third-order valence-electron chi connectivity index (χ3n) is 4.06. The maximum absolute atomic E-state index is 6.26. The van der Waals surface area contributed by atoms with Gasteiger partial charge in [-0.1, -0.05) is 30.7 Å². The number of hydrogen-bond acceptors (Lipinski definition) is 3. The third-order valence-corrected chi connectivity index (χ3v) is 4.31. The lowest BCUT2D eigenvalue weighted by molar-refractivity contribution is 0.130. The maximum Gasteiger partial charge on any atom is 0.0406 e. The van der Waals surface area contributed by atoms with Gasteiger partial charge in [0.1, 0.15) is 0 Å². The molecular weight excluding hydrogens is 270 g/mol. The monoisotopic (exact) mass is 295 g/mol. The summed E-state index contributed by atoms with van der Waals surface area (Å²) in [7, 11) is 0. The van der Waals surface area contributed by atoms with Gasteiger partial charge in [0.2, 0.25) is 0 Å². The molecule has 1 saturated heterocycles. The Labute approximate surface area is 127 Å². The van der Waals surface area contributed by atoms with E-state index in [2.05, 4.69) is 16.7 Å². The van der Waals surface area contributed by atoms with Crippen LogP contribution in [0.4, 0.5) is 0 Å². The fraction of sp³-hybridized carbons (Fsp3) is 0.625. The van der Waals surface area contributed by atoms with Crippen molar-refractivity contribution in [2.75, 3.05) is 39.3 Å². The summed E-state index contributed by atoms with van der Waals surface area (Å²) in [6.07, 6.45) is 2.26. The van der Waals surface area contributed by atoms with Crippen LogP contribution in [0.2, 0.25) is 5.02 Å². The lowest BCUT2D eigenvalue weighted by Gasteiger charge is -2.35. The van der Waals surface area contributed by atoms with E-state index in [9.17, 15) is 0 Å². The molecule has 1 heterocycles. The van der Waals surface area contributed by atoms with Crippen LogP contribution >= 0.6 is 11.6 Å². The van der Waals surface area contributed by atoms with Crippen molar-refractivity contribution in [3.63, 3.8) is 0 Å². The standard InChI is InChI=1S/C16H26ClN3/c1-2-8-19-10-12-20(13-11-19)9-7-16(18)14-3-5-15(17)6-4-14/h3-6,16H,2,7-13,18H2,1H3. The van der Waals surface area contributed by atoms with Crippen molar-refractivity contribution in [3.8, 4) is 0 Å². The molecule has 1 fully saturated rings. The number of nitrogens with zero attached hydrogens (tertiary/aromatic N) is 2. The molecule has 1 atom stereocenters. The first kappa shape index (κ1) is 15.8. The van der Waals surface area contributed by atoms with Crippen LogP contribution in [0.5, 0.6) is 0 Å². The van der Waals surface area contributed by atoms with E-state index in [1.165, 1.54) is 44.7 Å². The average molecular weight is 296 g/mol. The van der Waals surface area contributed by atoms with Crippen LogP contribution in [0, 0.1) is 0 Å². The number of hydrogen-bond donors (Lipinski definition) is 1. The summed E-state index contributed by atoms with van der Waals surface area (Å²) in [5.41, 5.74) is 7.44. The Morgan fingerprint density at radius 1 is 1.05 bits per heavy atom. The third kappa shape index (κ3) is 4.74. The molecule has 1 aromatic carbocycles. The van der Waals surface area contributed by atoms with Gasteiger partial charge in [-0.15, -0.1) is 0 Å². The molecule has 1 aromatic rings. The van der Waals surface area contributed by atoms with Crippen molar-refractivity contribution < 1.29 is 0 Å². The minimum absolute atomic E-state index is 0.112. The molecule has 0 amide bonds. The van der Waals surface area contributed by atoms with Gasteiger partial charge in [0.15, 0.2) is 0 Å². The van der Waals surface area contributed by atoms with E-state index in [-0.39, 0.29) is 6.04 Å². The Morgan fingerprint density at radius 3 is 2.15 bits per heavy atom. The quantitative estimate of drug-likeness (QED) is 0.876. The molecule has 0 spiro atoms. The van der Waals surface area contributed by atoms with Crippen molar-refractivity contribution in [1.82, 2.24) is 9.80 Å². The van der Waals surface area contributed by atoms with E-state index in [4.69, 9.17) is 17.3 Å². The number of rotatable bonds is 6. The maximum atomic E-state index is 6.26. The highest BCUT2D eigenvalue weighted by Crippen LogP contribution is 2.18. The molecule has 1 aliphatic rings. The van der Waals surface area contributed by atoms with Crippen LogP contribution in [-0.2, 0) is 0 Å². The van der Waals surface area contributed by atoms with Crippen LogP contribution in [0.15, 0.2) is 24.3 Å². The number of piperazine rings is 1. The predicted molar refractivity (Wildman–Crippen MR) is 86.2 cm³/mol. The molecule has 2 N–H and O–H groups in total. The van der Waals surface area contributed by atoms with Gasteiger partial charge in [0.25, 0.3) is 0 Å². The second-order valence-electron chi connectivity index (χ2n) is 5.63. The van der Waals surface area contributed by atoms with Crippen molar-refractivity contribution in [2.45, 2.75) is 25.8 Å². The molecule has 4 heteroatoms. The first-order chi connectivity index (χ1) is 9.69. The summed E-state index contributed by atoms with van der Waals surface area (Å²) >= 11 is 5.90. The fourth-order valence-electron chi connectivity index (χ4n) is 2.75. The Hall–Kier alpha value is -0.610. The zero-order valence-corrected chi connectivity index (χ0v) is 13.1. The Bertz CT molecular complexity index is 385. The minimum Gasteiger partial charge on any atom is -0.324 e. The summed E-state index contributed by atoms with van der Waals surface area (Å²) < 4.78 is 0. The second-order valence-corrected chi connectivity index (χ2v) is 6.07. The highest BCUT2D eigenvalue weighted by molar-refractivity contribution is 6.30. The van der Waals surface area contributed by atoms with E-state index < -0.39 is 0 Å². The average Bonchev–Trinajstić information content (AvgIpc) is 2.47. The second kappa shape index (κ2) is 7.99. The predicted octanol–water partition coefficient (Wildman–Crippen LogP) is 2.76. The Balaban J connectivity index is 1.71. The van der Waals surface area contributed by atoms with Gasteiger partial charge in [0.05, 0.1) is 0 Å². The summed E-state index contributed by atoms with van der Waals surface area (Å²) in [4.78, 5) is 5.08. The molecule has 3 nitrogen and oxygen atoms in total. The highest BCUT2D eigenvalue weighted by atomic mass is 35.5. The molecule has 1 unspecified atom stereocenters. The molecule has 1 aliphatic heterocycles. The highest BCUT2D eigenvalue weighted by Gasteiger charge is 2.16. The summed E-state index contributed by atoms with van der Waals surface area (Å²) in [5.74, 6) is 0. The van der Waals surface area contributed by atoms with Crippen LogP contribution in [0.3, 0.4) is 0 Å². The number of benzene rings is 1. The van der Waals surface area contributed by atoms with Crippen molar-refractivity contribution in [3.05, 3.63) is 34.9 Å². The smallest absolute Gasteiger partial charge is 0.0406 e. The van der Waals surface area contributed by atoms with Gasteiger partial charge >= 0.3 is 0 Å². The first-order valence-corrected chi connectivity index (χ1v) is 8.02. The van der Waals surface area contributed by atoms with Crippen molar-refractivity contribution in [1.29, 1.82) is 0 Å². The first-order valence-electron chi connectivity index (χ1n) is 7.65. The Morgan fingerprint density at radius 2 is 1.60 bits per heavy atom.